The standard InChI is InChI=1S/C11H13ClO2/c1-4-7-8(5-2)11(14)9(12)6(3)10(7)13/h4-5H2,1-3H3. The average Bonchev–Trinajstić information content (AvgIpc) is 2.20. The Morgan fingerprint density at radius 3 is 1.86 bits per heavy atom. The van der Waals surface area contributed by atoms with E-state index in [9.17, 15) is 9.59 Å². The molecule has 0 spiro atoms. The fraction of sp³-hybridized carbons (Fsp3) is 0.455. The highest BCUT2D eigenvalue weighted by atomic mass is 35.5. The molecule has 0 bridgehead atoms. The van der Waals surface area contributed by atoms with Gasteiger partial charge in [-0.15, -0.1) is 0 Å². The molecule has 0 aromatic carbocycles. The summed E-state index contributed by atoms with van der Waals surface area (Å²) in [7, 11) is 0. The van der Waals surface area contributed by atoms with Crippen LogP contribution in [0.1, 0.15) is 33.6 Å². The van der Waals surface area contributed by atoms with Crippen LogP contribution in [0.4, 0.5) is 0 Å². The molecule has 1 rings (SSSR count). The first-order valence-corrected chi connectivity index (χ1v) is 5.10. The zero-order valence-electron chi connectivity index (χ0n) is 8.61. The Kier molecular flexibility index (Phi) is 3.27. The third-order valence-corrected chi connectivity index (χ3v) is 2.94. The lowest BCUT2D eigenvalue weighted by Gasteiger charge is -2.17. The highest BCUT2D eigenvalue weighted by Gasteiger charge is 2.29. The van der Waals surface area contributed by atoms with Crippen LogP contribution in [0.2, 0.25) is 0 Å². The van der Waals surface area contributed by atoms with Gasteiger partial charge in [0.05, 0.1) is 5.03 Å². The largest absolute Gasteiger partial charge is 0.289 e. The second kappa shape index (κ2) is 4.09. The lowest BCUT2D eigenvalue weighted by molar-refractivity contribution is -0.116. The Labute approximate surface area is 88.6 Å². The van der Waals surface area contributed by atoms with E-state index in [1.54, 1.807) is 6.92 Å². The molecule has 0 N–H and O–H groups in total. The third-order valence-electron chi connectivity index (χ3n) is 2.49. The first-order valence-electron chi connectivity index (χ1n) is 4.72. The molecule has 1 aliphatic carbocycles. The molecular weight excluding hydrogens is 200 g/mol. The van der Waals surface area contributed by atoms with E-state index >= 15 is 0 Å². The second-order valence-corrected chi connectivity index (χ2v) is 3.64. The number of ketones is 2. The van der Waals surface area contributed by atoms with Gasteiger partial charge in [0.25, 0.3) is 0 Å². The van der Waals surface area contributed by atoms with Crippen LogP contribution in [0.5, 0.6) is 0 Å². The smallest absolute Gasteiger partial charge is 0.201 e. The van der Waals surface area contributed by atoms with Crippen molar-refractivity contribution in [1.82, 2.24) is 0 Å². The lowest BCUT2D eigenvalue weighted by atomic mass is 9.87. The minimum atomic E-state index is -0.178. The molecule has 0 aromatic heterocycles. The Morgan fingerprint density at radius 2 is 1.43 bits per heavy atom. The highest BCUT2D eigenvalue weighted by Crippen LogP contribution is 2.29. The van der Waals surface area contributed by atoms with Crippen molar-refractivity contribution in [1.29, 1.82) is 0 Å². The number of rotatable bonds is 2. The van der Waals surface area contributed by atoms with Crippen molar-refractivity contribution in [2.75, 3.05) is 0 Å². The number of carbonyl (C=O) groups is 2. The van der Waals surface area contributed by atoms with Crippen LogP contribution in [0, 0.1) is 0 Å². The summed E-state index contributed by atoms with van der Waals surface area (Å²) in [5.41, 5.74) is 1.58. The molecule has 0 fully saturated rings. The van der Waals surface area contributed by atoms with E-state index in [0.717, 1.165) is 0 Å². The topological polar surface area (TPSA) is 34.1 Å². The fourth-order valence-corrected chi connectivity index (χ4v) is 1.85. The van der Waals surface area contributed by atoms with Crippen molar-refractivity contribution >= 4 is 23.2 Å². The van der Waals surface area contributed by atoms with Gasteiger partial charge in [0.2, 0.25) is 5.78 Å². The van der Waals surface area contributed by atoms with Crippen LogP contribution in [0.25, 0.3) is 0 Å². The SMILES string of the molecule is CCC1=C(CC)C(=O)C(Cl)=C(C)C1=O. The highest BCUT2D eigenvalue weighted by molar-refractivity contribution is 6.49. The normalized spacial score (nSPS) is 18.3. The molecule has 2 nitrogen and oxygen atoms in total. The first-order chi connectivity index (χ1) is 6.54. The number of Topliss-reactive ketones (excluding diaryl/α,β-unsaturated/α-hetero) is 2. The maximum atomic E-state index is 11.7. The van der Waals surface area contributed by atoms with E-state index in [1.165, 1.54) is 0 Å². The molecule has 76 valence electrons. The van der Waals surface area contributed by atoms with Gasteiger partial charge in [0.1, 0.15) is 0 Å². The molecule has 0 aliphatic heterocycles. The maximum absolute atomic E-state index is 11.7. The first kappa shape index (κ1) is 11.2. The summed E-state index contributed by atoms with van der Waals surface area (Å²) < 4.78 is 0. The molecule has 0 heterocycles. The van der Waals surface area contributed by atoms with Gasteiger partial charge in [0, 0.05) is 16.7 Å². The molecule has 0 radical (unpaired) electrons. The molecule has 14 heavy (non-hydrogen) atoms. The summed E-state index contributed by atoms with van der Waals surface area (Å²) in [5, 5.41) is 0.0871. The van der Waals surface area contributed by atoms with Gasteiger partial charge in [-0.05, 0) is 19.8 Å². The van der Waals surface area contributed by atoms with Gasteiger partial charge in [-0.1, -0.05) is 25.4 Å². The maximum Gasteiger partial charge on any atom is 0.201 e. The predicted octanol–water partition coefficient (Wildman–Crippen LogP) is 2.77. The van der Waals surface area contributed by atoms with E-state index in [-0.39, 0.29) is 16.6 Å². The molecule has 0 atom stereocenters. The quantitative estimate of drug-likeness (QED) is 0.660. The summed E-state index contributed by atoms with van der Waals surface area (Å²) in [6.07, 6.45) is 1.16. The van der Waals surface area contributed by atoms with Crippen molar-refractivity contribution in [3.05, 3.63) is 21.8 Å². The van der Waals surface area contributed by atoms with Crippen molar-refractivity contribution in [3.8, 4) is 0 Å². The number of carbonyl (C=O) groups excluding carboxylic acids is 2. The Hall–Kier alpha value is -0.890. The Balaban J connectivity index is 3.31. The van der Waals surface area contributed by atoms with Crippen LogP contribution < -0.4 is 0 Å². The molecule has 0 saturated carbocycles. The molecule has 0 aromatic rings. The Bertz CT molecular complexity index is 327. The molecular formula is C11H13ClO2. The van der Waals surface area contributed by atoms with Gasteiger partial charge in [0.15, 0.2) is 5.78 Å². The van der Waals surface area contributed by atoms with Crippen LogP contribution in [0.3, 0.4) is 0 Å². The van der Waals surface area contributed by atoms with Gasteiger partial charge in [-0.25, -0.2) is 0 Å². The number of hydrogen-bond donors (Lipinski definition) is 0. The summed E-state index contributed by atoms with van der Waals surface area (Å²) >= 11 is 5.78. The zero-order chi connectivity index (χ0) is 10.9. The lowest BCUT2D eigenvalue weighted by Crippen LogP contribution is -2.20. The van der Waals surface area contributed by atoms with Gasteiger partial charge in [-0.3, -0.25) is 9.59 Å². The molecule has 1 aliphatic rings. The van der Waals surface area contributed by atoms with Crippen LogP contribution in [0.15, 0.2) is 21.8 Å². The molecule has 0 unspecified atom stereocenters. The minimum absolute atomic E-state index is 0.0750. The van der Waals surface area contributed by atoms with Gasteiger partial charge in [-0.2, -0.15) is 0 Å². The van der Waals surface area contributed by atoms with Crippen LogP contribution in [-0.4, -0.2) is 11.6 Å². The average molecular weight is 213 g/mol. The third kappa shape index (κ3) is 1.55. The molecule has 0 saturated heterocycles. The molecule has 0 amide bonds. The summed E-state index contributed by atoms with van der Waals surface area (Å²) in [6, 6.07) is 0. The van der Waals surface area contributed by atoms with Crippen molar-refractivity contribution in [2.45, 2.75) is 33.6 Å². The summed E-state index contributed by atoms with van der Waals surface area (Å²) in [5.74, 6) is -0.253. The van der Waals surface area contributed by atoms with Crippen molar-refractivity contribution in [2.24, 2.45) is 0 Å². The van der Waals surface area contributed by atoms with Crippen LogP contribution >= 0.6 is 11.6 Å². The minimum Gasteiger partial charge on any atom is -0.289 e. The number of allylic oxidation sites excluding steroid dienone is 4. The fourth-order valence-electron chi connectivity index (χ4n) is 1.65. The van der Waals surface area contributed by atoms with E-state index < -0.39 is 0 Å². The van der Waals surface area contributed by atoms with Crippen LogP contribution in [-0.2, 0) is 9.59 Å². The van der Waals surface area contributed by atoms with Gasteiger partial charge >= 0.3 is 0 Å². The van der Waals surface area contributed by atoms with E-state index in [0.29, 0.717) is 29.6 Å². The van der Waals surface area contributed by atoms with E-state index in [1.807, 2.05) is 13.8 Å². The second-order valence-electron chi connectivity index (χ2n) is 3.26. The van der Waals surface area contributed by atoms with E-state index in [4.69, 9.17) is 11.6 Å². The number of hydrogen-bond acceptors (Lipinski definition) is 2. The summed E-state index contributed by atoms with van der Waals surface area (Å²) in [4.78, 5) is 23.4. The Morgan fingerprint density at radius 1 is 1.00 bits per heavy atom. The number of halogens is 1. The monoisotopic (exact) mass is 212 g/mol. The van der Waals surface area contributed by atoms with E-state index in [2.05, 4.69) is 0 Å². The summed E-state index contributed by atoms with van der Waals surface area (Å²) in [6.45, 7) is 5.34. The van der Waals surface area contributed by atoms with Crippen molar-refractivity contribution < 1.29 is 9.59 Å². The zero-order valence-corrected chi connectivity index (χ0v) is 9.36. The molecule has 3 heteroatoms. The van der Waals surface area contributed by atoms with Gasteiger partial charge < -0.3 is 0 Å². The predicted molar refractivity (Wildman–Crippen MR) is 56.2 cm³/mol. The van der Waals surface area contributed by atoms with Crippen molar-refractivity contribution in [3.63, 3.8) is 0 Å².